The normalized spacial score (nSPS) is 19.3. The third-order valence-corrected chi connectivity index (χ3v) is 3.46. The predicted octanol–water partition coefficient (Wildman–Crippen LogP) is 2.51. The molecule has 0 aliphatic carbocycles. The van der Waals surface area contributed by atoms with Crippen LogP contribution in [0, 0.1) is 12.7 Å². The molecule has 1 aliphatic rings. The summed E-state index contributed by atoms with van der Waals surface area (Å²) in [5, 5.41) is 11.9. The zero-order valence-electron chi connectivity index (χ0n) is 11.0. The van der Waals surface area contributed by atoms with Crippen molar-refractivity contribution < 1.29 is 14.3 Å². The lowest BCUT2D eigenvalue weighted by Crippen LogP contribution is -2.47. The van der Waals surface area contributed by atoms with Crippen molar-refractivity contribution in [1.29, 1.82) is 0 Å². The summed E-state index contributed by atoms with van der Waals surface area (Å²) in [6, 6.07) is 4.09. The molecule has 0 saturated carbocycles. The number of carbonyl (C=O) groups is 1. The topological polar surface area (TPSA) is 52.6 Å². The number of hydrogen-bond donors (Lipinski definition) is 2. The average Bonchev–Trinajstić information content (AvgIpc) is 2.42. The Morgan fingerprint density at radius 2 is 2.32 bits per heavy atom. The molecular weight excluding hydrogens is 247 g/mol. The Bertz CT molecular complexity index is 465. The summed E-state index contributed by atoms with van der Waals surface area (Å²) in [4.78, 5) is 13.7. The van der Waals surface area contributed by atoms with Gasteiger partial charge in [-0.2, -0.15) is 0 Å². The number of nitrogens with zero attached hydrogens (tertiary/aromatic N) is 1. The van der Waals surface area contributed by atoms with Crippen molar-refractivity contribution >= 4 is 11.7 Å². The lowest BCUT2D eigenvalue weighted by Gasteiger charge is -2.34. The fourth-order valence-corrected chi connectivity index (χ4v) is 2.38. The van der Waals surface area contributed by atoms with Crippen LogP contribution in [0.1, 0.15) is 24.8 Å². The summed E-state index contributed by atoms with van der Waals surface area (Å²) in [5.41, 5.74) is 1.07. The van der Waals surface area contributed by atoms with E-state index in [4.69, 9.17) is 0 Å². The zero-order valence-corrected chi connectivity index (χ0v) is 11.0. The molecule has 0 unspecified atom stereocenters. The molecule has 1 aromatic rings. The van der Waals surface area contributed by atoms with Crippen molar-refractivity contribution in [2.75, 3.05) is 18.5 Å². The van der Waals surface area contributed by atoms with Crippen molar-refractivity contribution in [2.45, 2.75) is 32.2 Å². The molecule has 1 atom stereocenters. The van der Waals surface area contributed by atoms with Crippen LogP contribution in [0.25, 0.3) is 0 Å². The molecule has 2 amide bonds. The second-order valence-electron chi connectivity index (χ2n) is 4.94. The van der Waals surface area contributed by atoms with E-state index >= 15 is 0 Å². The van der Waals surface area contributed by atoms with Gasteiger partial charge in [-0.1, -0.05) is 6.07 Å². The van der Waals surface area contributed by atoms with Crippen molar-refractivity contribution in [1.82, 2.24) is 4.90 Å². The van der Waals surface area contributed by atoms with Gasteiger partial charge < -0.3 is 15.3 Å². The van der Waals surface area contributed by atoms with E-state index in [1.807, 2.05) is 6.92 Å². The quantitative estimate of drug-likeness (QED) is 0.864. The van der Waals surface area contributed by atoms with E-state index in [9.17, 15) is 14.3 Å². The van der Waals surface area contributed by atoms with E-state index in [-0.39, 0.29) is 24.4 Å². The number of benzene rings is 1. The van der Waals surface area contributed by atoms with E-state index in [1.165, 1.54) is 6.07 Å². The fourth-order valence-electron chi connectivity index (χ4n) is 2.38. The molecule has 1 saturated heterocycles. The van der Waals surface area contributed by atoms with Gasteiger partial charge in [-0.15, -0.1) is 0 Å². The molecule has 104 valence electrons. The molecule has 0 spiro atoms. The van der Waals surface area contributed by atoms with Crippen LogP contribution < -0.4 is 5.32 Å². The first-order valence-electron chi connectivity index (χ1n) is 6.56. The standard InChI is InChI=1S/C14H19FN2O2/c1-10-5-6-12(15)13(8-10)16-14(19)17-7-3-2-4-11(17)9-18/h5-6,8,11,18H,2-4,7,9H2,1H3,(H,16,19)/t11-/m0/s1. The maximum Gasteiger partial charge on any atom is 0.322 e. The fraction of sp³-hybridized carbons (Fsp3) is 0.500. The first kappa shape index (κ1) is 13.8. The lowest BCUT2D eigenvalue weighted by atomic mass is 10.0. The maximum absolute atomic E-state index is 13.6. The van der Waals surface area contributed by atoms with Crippen LogP contribution in [0.4, 0.5) is 14.9 Å². The summed E-state index contributed by atoms with van der Waals surface area (Å²) < 4.78 is 13.6. The number of amides is 2. The highest BCUT2D eigenvalue weighted by molar-refractivity contribution is 5.89. The van der Waals surface area contributed by atoms with Gasteiger partial charge in [-0.25, -0.2) is 9.18 Å². The molecule has 19 heavy (non-hydrogen) atoms. The van der Waals surface area contributed by atoms with Crippen LogP contribution in [-0.2, 0) is 0 Å². The molecule has 1 fully saturated rings. The number of rotatable bonds is 2. The van der Waals surface area contributed by atoms with Crippen LogP contribution in [0.3, 0.4) is 0 Å². The Kier molecular flexibility index (Phi) is 4.37. The highest BCUT2D eigenvalue weighted by atomic mass is 19.1. The Morgan fingerprint density at radius 1 is 1.53 bits per heavy atom. The van der Waals surface area contributed by atoms with E-state index < -0.39 is 5.82 Å². The summed E-state index contributed by atoms with van der Waals surface area (Å²) >= 11 is 0. The van der Waals surface area contributed by atoms with Crippen molar-refractivity contribution in [3.63, 3.8) is 0 Å². The van der Waals surface area contributed by atoms with Gasteiger partial charge in [0.05, 0.1) is 18.3 Å². The minimum atomic E-state index is -0.448. The van der Waals surface area contributed by atoms with Crippen LogP contribution in [0.5, 0.6) is 0 Å². The summed E-state index contributed by atoms with van der Waals surface area (Å²) in [5.74, 6) is -0.448. The molecule has 5 heteroatoms. The minimum Gasteiger partial charge on any atom is -0.394 e. The van der Waals surface area contributed by atoms with E-state index in [1.54, 1.807) is 17.0 Å². The minimum absolute atomic E-state index is 0.0519. The summed E-state index contributed by atoms with van der Waals surface area (Å²) in [6.07, 6.45) is 2.72. The van der Waals surface area contributed by atoms with Crippen molar-refractivity contribution in [3.8, 4) is 0 Å². The lowest BCUT2D eigenvalue weighted by molar-refractivity contribution is 0.115. The number of aliphatic hydroxyl groups excluding tert-OH is 1. The molecular formula is C14H19FN2O2. The number of anilines is 1. The van der Waals surface area contributed by atoms with Crippen LogP contribution >= 0.6 is 0 Å². The first-order chi connectivity index (χ1) is 9.11. The smallest absolute Gasteiger partial charge is 0.322 e. The molecule has 4 nitrogen and oxygen atoms in total. The van der Waals surface area contributed by atoms with E-state index in [2.05, 4.69) is 5.32 Å². The average molecular weight is 266 g/mol. The molecule has 1 aromatic carbocycles. The SMILES string of the molecule is Cc1ccc(F)c(NC(=O)N2CCCC[C@H]2CO)c1. The number of piperidine rings is 1. The van der Waals surface area contributed by atoms with Crippen LogP contribution in [-0.4, -0.2) is 35.2 Å². The van der Waals surface area contributed by atoms with Gasteiger partial charge in [0, 0.05) is 6.54 Å². The number of likely N-dealkylation sites (tertiary alicyclic amines) is 1. The number of urea groups is 1. The Balaban J connectivity index is 2.09. The summed E-state index contributed by atoms with van der Waals surface area (Å²) in [6.45, 7) is 2.39. The van der Waals surface area contributed by atoms with Crippen molar-refractivity contribution in [3.05, 3.63) is 29.6 Å². The Labute approximate surface area is 112 Å². The monoisotopic (exact) mass is 266 g/mol. The van der Waals surface area contributed by atoms with Gasteiger partial charge in [0.15, 0.2) is 0 Å². The third-order valence-electron chi connectivity index (χ3n) is 3.46. The predicted molar refractivity (Wildman–Crippen MR) is 71.6 cm³/mol. The molecule has 0 aromatic heterocycles. The number of halogens is 1. The number of nitrogens with one attached hydrogen (secondary N) is 1. The Morgan fingerprint density at radius 3 is 3.05 bits per heavy atom. The molecule has 0 radical (unpaired) electrons. The van der Waals surface area contributed by atoms with Gasteiger partial charge in [0.25, 0.3) is 0 Å². The molecule has 2 rings (SSSR count). The number of aliphatic hydroxyl groups is 1. The van der Waals surface area contributed by atoms with Crippen LogP contribution in [0.2, 0.25) is 0 Å². The second-order valence-corrected chi connectivity index (χ2v) is 4.94. The van der Waals surface area contributed by atoms with Crippen LogP contribution in [0.15, 0.2) is 18.2 Å². The Hall–Kier alpha value is -1.62. The van der Waals surface area contributed by atoms with Crippen molar-refractivity contribution in [2.24, 2.45) is 0 Å². The third kappa shape index (κ3) is 3.23. The molecule has 1 aliphatic heterocycles. The first-order valence-corrected chi connectivity index (χ1v) is 6.56. The molecule has 2 N–H and O–H groups in total. The van der Waals surface area contributed by atoms with Gasteiger partial charge in [0.1, 0.15) is 5.82 Å². The highest BCUT2D eigenvalue weighted by Crippen LogP contribution is 2.20. The number of hydrogen-bond acceptors (Lipinski definition) is 2. The highest BCUT2D eigenvalue weighted by Gasteiger charge is 2.26. The second kappa shape index (κ2) is 6.02. The summed E-state index contributed by atoms with van der Waals surface area (Å²) in [7, 11) is 0. The van der Waals surface area contributed by atoms with Gasteiger partial charge in [0.2, 0.25) is 0 Å². The number of carbonyl (C=O) groups excluding carboxylic acids is 1. The van der Waals surface area contributed by atoms with Gasteiger partial charge in [-0.3, -0.25) is 0 Å². The zero-order chi connectivity index (χ0) is 13.8. The molecule has 1 heterocycles. The number of aryl methyl sites for hydroxylation is 1. The van der Waals surface area contributed by atoms with Gasteiger partial charge >= 0.3 is 6.03 Å². The van der Waals surface area contributed by atoms with E-state index in [0.717, 1.165) is 24.8 Å². The van der Waals surface area contributed by atoms with E-state index in [0.29, 0.717) is 6.54 Å². The largest absolute Gasteiger partial charge is 0.394 e. The molecule has 0 bridgehead atoms. The maximum atomic E-state index is 13.6. The van der Waals surface area contributed by atoms with Gasteiger partial charge in [-0.05, 0) is 43.9 Å².